The standard InChI is InChI=1S/C15H14N2O3S/c1-19-12-7-4-11(5-8-12)6-9-14(18)20-17-15(16)13-3-2-10-21-13/h2-10H,1H3,(H2,16,17)/b9-6+. The van der Waals surface area contributed by atoms with Crippen LogP contribution in [0, 0.1) is 0 Å². The summed E-state index contributed by atoms with van der Waals surface area (Å²) in [4.78, 5) is 17.0. The second-order valence-electron chi connectivity index (χ2n) is 3.97. The van der Waals surface area contributed by atoms with Gasteiger partial charge < -0.3 is 15.3 Å². The third-order valence-corrected chi connectivity index (χ3v) is 3.43. The molecule has 2 rings (SSSR count). The van der Waals surface area contributed by atoms with Crippen LogP contribution in [0.3, 0.4) is 0 Å². The summed E-state index contributed by atoms with van der Waals surface area (Å²) in [7, 11) is 1.60. The van der Waals surface area contributed by atoms with E-state index in [-0.39, 0.29) is 5.84 Å². The third kappa shape index (κ3) is 4.47. The minimum absolute atomic E-state index is 0.177. The van der Waals surface area contributed by atoms with Crippen molar-refractivity contribution in [2.24, 2.45) is 10.9 Å². The minimum Gasteiger partial charge on any atom is -0.497 e. The largest absolute Gasteiger partial charge is 0.497 e. The lowest BCUT2D eigenvalue weighted by atomic mass is 10.2. The van der Waals surface area contributed by atoms with E-state index in [0.717, 1.165) is 16.2 Å². The third-order valence-electron chi connectivity index (χ3n) is 2.54. The zero-order valence-electron chi connectivity index (χ0n) is 11.4. The van der Waals surface area contributed by atoms with Gasteiger partial charge in [0.15, 0.2) is 5.84 Å². The molecule has 0 atom stereocenters. The molecule has 0 amide bonds. The Kier molecular flexibility index (Phi) is 5.11. The highest BCUT2D eigenvalue weighted by Gasteiger charge is 2.01. The molecule has 2 N–H and O–H groups in total. The van der Waals surface area contributed by atoms with Gasteiger partial charge in [0.1, 0.15) is 5.75 Å². The van der Waals surface area contributed by atoms with Crippen LogP contribution in [0.25, 0.3) is 6.08 Å². The number of nitrogens with two attached hydrogens (primary N) is 1. The van der Waals surface area contributed by atoms with Gasteiger partial charge in [-0.05, 0) is 35.2 Å². The van der Waals surface area contributed by atoms with Crippen LogP contribution in [0.1, 0.15) is 10.4 Å². The maximum Gasteiger partial charge on any atom is 0.358 e. The zero-order valence-corrected chi connectivity index (χ0v) is 12.2. The number of oxime groups is 1. The first-order chi connectivity index (χ1) is 10.2. The summed E-state index contributed by atoms with van der Waals surface area (Å²) in [6.45, 7) is 0. The first-order valence-electron chi connectivity index (χ1n) is 6.09. The summed E-state index contributed by atoms with van der Waals surface area (Å²) in [5.41, 5.74) is 6.52. The maximum absolute atomic E-state index is 11.5. The molecule has 0 spiro atoms. The van der Waals surface area contributed by atoms with E-state index in [2.05, 4.69) is 5.16 Å². The molecule has 1 heterocycles. The van der Waals surface area contributed by atoms with Crippen molar-refractivity contribution < 1.29 is 14.4 Å². The van der Waals surface area contributed by atoms with Crippen LogP contribution in [0.5, 0.6) is 5.75 Å². The summed E-state index contributed by atoms with van der Waals surface area (Å²) in [6.07, 6.45) is 2.91. The zero-order chi connectivity index (χ0) is 15.1. The van der Waals surface area contributed by atoms with Crippen LogP contribution in [-0.2, 0) is 9.63 Å². The average molecular weight is 302 g/mol. The van der Waals surface area contributed by atoms with Crippen LogP contribution in [0.2, 0.25) is 0 Å². The molecule has 0 aliphatic rings. The molecule has 2 aromatic rings. The van der Waals surface area contributed by atoms with Crippen molar-refractivity contribution in [1.82, 2.24) is 0 Å². The molecule has 5 nitrogen and oxygen atoms in total. The number of nitrogens with zero attached hydrogens (tertiary/aromatic N) is 1. The van der Waals surface area contributed by atoms with Crippen LogP contribution in [0.15, 0.2) is 53.0 Å². The molecule has 0 aliphatic heterocycles. The van der Waals surface area contributed by atoms with Crippen molar-refractivity contribution in [2.75, 3.05) is 7.11 Å². The van der Waals surface area contributed by atoms with Crippen molar-refractivity contribution in [2.45, 2.75) is 0 Å². The van der Waals surface area contributed by atoms with E-state index in [1.54, 1.807) is 31.4 Å². The molecule has 0 aliphatic carbocycles. The Morgan fingerprint density at radius 1 is 1.29 bits per heavy atom. The Morgan fingerprint density at radius 2 is 2.05 bits per heavy atom. The van der Waals surface area contributed by atoms with Gasteiger partial charge in [0.2, 0.25) is 0 Å². The minimum atomic E-state index is -0.592. The van der Waals surface area contributed by atoms with E-state index in [1.807, 2.05) is 23.6 Å². The van der Waals surface area contributed by atoms with Crippen molar-refractivity contribution in [3.8, 4) is 5.75 Å². The fourth-order valence-corrected chi connectivity index (χ4v) is 2.09. The summed E-state index contributed by atoms with van der Waals surface area (Å²) < 4.78 is 5.05. The molecule has 108 valence electrons. The highest BCUT2D eigenvalue weighted by molar-refractivity contribution is 7.12. The molecule has 0 radical (unpaired) electrons. The number of ether oxygens (including phenoxy) is 1. The van der Waals surface area contributed by atoms with Crippen LogP contribution < -0.4 is 10.5 Å². The molecular weight excluding hydrogens is 288 g/mol. The first kappa shape index (κ1) is 14.8. The van der Waals surface area contributed by atoms with Gasteiger partial charge in [-0.3, -0.25) is 0 Å². The smallest absolute Gasteiger partial charge is 0.358 e. The summed E-state index contributed by atoms with van der Waals surface area (Å²) in [6, 6.07) is 10.9. The van der Waals surface area contributed by atoms with E-state index in [0.29, 0.717) is 0 Å². The van der Waals surface area contributed by atoms with Crippen molar-refractivity contribution in [3.63, 3.8) is 0 Å². The Hall–Kier alpha value is -2.60. The normalized spacial score (nSPS) is 11.6. The van der Waals surface area contributed by atoms with Crippen LogP contribution >= 0.6 is 11.3 Å². The topological polar surface area (TPSA) is 73.9 Å². The van der Waals surface area contributed by atoms with Crippen LogP contribution in [0.4, 0.5) is 0 Å². The fraction of sp³-hybridized carbons (Fsp3) is 0.0667. The Morgan fingerprint density at radius 3 is 2.67 bits per heavy atom. The molecule has 0 bridgehead atoms. The second-order valence-corrected chi connectivity index (χ2v) is 4.92. The number of hydrogen-bond donors (Lipinski definition) is 1. The molecule has 6 heteroatoms. The van der Waals surface area contributed by atoms with Gasteiger partial charge in [0.05, 0.1) is 12.0 Å². The SMILES string of the molecule is COc1ccc(/C=C/C(=O)O/N=C(\N)c2cccs2)cc1. The number of carbonyl (C=O) groups excluding carboxylic acids is 1. The van der Waals surface area contributed by atoms with Gasteiger partial charge in [0, 0.05) is 6.08 Å². The first-order valence-corrected chi connectivity index (χ1v) is 6.97. The number of methoxy groups -OCH3 is 1. The summed E-state index contributed by atoms with van der Waals surface area (Å²) in [5.74, 6) is 0.338. The van der Waals surface area contributed by atoms with Gasteiger partial charge in [-0.2, -0.15) is 0 Å². The van der Waals surface area contributed by atoms with Gasteiger partial charge >= 0.3 is 5.97 Å². The molecule has 0 saturated heterocycles. The Bertz CT molecular complexity index is 646. The van der Waals surface area contributed by atoms with Crippen LogP contribution in [-0.4, -0.2) is 18.9 Å². The Labute approximate surface area is 126 Å². The van der Waals surface area contributed by atoms with Gasteiger partial charge in [-0.1, -0.05) is 23.4 Å². The highest BCUT2D eigenvalue weighted by Crippen LogP contribution is 2.12. The predicted molar refractivity (Wildman–Crippen MR) is 83.2 cm³/mol. The maximum atomic E-state index is 11.5. The van der Waals surface area contributed by atoms with E-state index in [1.165, 1.54) is 17.4 Å². The molecule has 21 heavy (non-hydrogen) atoms. The van der Waals surface area contributed by atoms with E-state index < -0.39 is 5.97 Å². The monoisotopic (exact) mass is 302 g/mol. The Balaban J connectivity index is 1.91. The lowest BCUT2D eigenvalue weighted by Gasteiger charge is -1.99. The quantitative estimate of drug-likeness (QED) is 0.303. The van der Waals surface area contributed by atoms with Crippen molar-refractivity contribution >= 4 is 29.2 Å². The van der Waals surface area contributed by atoms with Gasteiger partial charge in [-0.25, -0.2) is 4.79 Å². The molecule has 0 unspecified atom stereocenters. The number of carbonyl (C=O) groups is 1. The molecule has 1 aromatic heterocycles. The fourth-order valence-electron chi connectivity index (χ4n) is 1.47. The molecule has 1 aromatic carbocycles. The van der Waals surface area contributed by atoms with E-state index >= 15 is 0 Å². The predicted octanol–water partition coefficient (Wildman–Crippen LogP) is 2.63. The van der Waals surface area contributed by atoms with Crippen molar-refractivity contribution in [1.29, 1.82) is 0 Å². The number of benzene rings is 1. The number of thiophene rings is 1. The van der Waals surface area contributed by atoms with Gasteiger partial charge in [-0.15, -0.1) is 11.3 Å². The molecule has 0 saturated carbocycles. The number of rotatable bonds is 5. The van der Waals surface area contributed by atoms with Gasteiger partial charge in [0.25, 0.3) is 0 Å². The highest BCUT2D eigenvalue weighted by atomic mass is 32.1. The van der Waals surface area contributed by atoms with E-state index in [4.69, 9.17) is 15.3 Å². The molecular formula is C15H14N2O3S. The summed E-state index contributed by atoms with van der Waals surface area (Å²) in [5, 5.41) is 5.45. The molecule has 0 fully saturated rings. The van der Waals surface area contributed by atoms with Crippen molar-refractivity contribution in [3.05, 3.63) is 58.3 Å². The lowest BCUT2D eigenvalue weighted by molar-refractivity contribution is -0.137. The second kappa shape index (κ2) is 7.25. The summed E-state index contributed by atoms with van der Waals surface area (Å²) >= 11 is 1.42. The number of hydrogen-bond acceptors (Lipinski definition) is 5. The number of amidine groups is 1. The average Bonchev–Trinajstić information content (AvgIpc) is 3.05. The lowest BCUT2D eigenvalue weighted by Crippen LogP contribution is -2.13. The van der Waals surface area contributed by atoms with E-state index in [9.17, 15) is 4.79 Å².